The summed E-state index contributed by atoms with van der Waals surface area (Å²) in [4.78, 5) is 17.5. The van der Waals surface area contributed by atoms with E-state index in [1.54, 1.807) is 6.07 Å². The molecule has 0 radical (unpaired) electrons. The van der Waals surface area contributed by atoms with Crippen LogP contribution in [0.5, 0.6) is 0 Å². The molecule has 0 saturated heterocycles. The van der Waals surface area contributed by atoms with Crippen molar-refractivity contribution in [3.8, 4) is 0 Å². The van der Waals surface area contributed by atoms with Gasteiger partial charge >= 0.3 is 0 Å². The molecule has 0 spiro atoms. The summed E-state index contributed by atoms with van der Waals surface area (Å²) in [6.07, 6.45) is 0. The standard InChI is InChI=1S/C18H15BrCl2N2O2S/c1-8(2)17(24)14-15(21)13-12(20)5-4-11(19)16(13)22-18(14)26-7-10-6-9(3)25-23-10/h4-6,8H,7H2,1-3H3. The summed E-state index contributed by atoms with van der Waals surface area (Å²) in [5, 5.41) is 5.91. The van der Waals surface area contributed by atoms with Gasteiger partial charge in [0.2, 0.25) is 0 Å². The van der Waals surface area contributed by atoms with E-state index in [0.29, 0.717) is 37.3 Å². The molecule has 26 heavy (non-hydrogen) atoms. The highest BCUT2D eigenvalue weighted by molar-refractivity contribution is 9.10. The zero-order valence-corrected chi connectivity index (χ0v) is 18.2. The predicted octanol–water partition coefficient (Wildman–Crippen LogP) is 6.73. The molecular formula is C18H15BrCl2N2O2S. The Balaban J connectivity index is 2.16. The molecule has 0 fully saturated rings. The van der Waals surface area contributed by atoms with Gasteiger partial charge < -0.3 is 4.52 Å². The highest BCUT2D eigenvalue weighted by Crippen LogP contribution is 2.40. The Morgan fingerprint density at radius 3 is 2.69 bits per heavy atom. The van der Waals surface area contributed by atoms with E-state index in [9.17, 15) is 4.79 Å². The van der Waals surface area contributed by atoms with Crippen molar-refractivity contribution in [1.29, 1.82) is 0 Å². The Morgan fingerprint density at radius 2 is 2.08 bits per heavy atom. The number of pyridine rings is 1. The van der Waals surface area contributed by atoms with Crippen LogP contribution < -0.4 is 0 Å². The highest BCUT2D eigenvalue weighted by Gasteiger charge is 2.24. The number of rotatable bonds is 5. The van der Waals surface area contributed by atoms with E-state index in [-0.39, 0.29) is 11.7 Å². The minimum absolute atomic E-state index is 0.0701. The summed E-state index contributed by atoms with van der Waals surface area (Å²) >= 11 is 17.9. The van der Waals surface area contributed by atoms with Gasteiger partial charge in [-0.05, 0) is 35.0 Å². The van der Waals surface area contributed by atoms with Crippen LogP contribution in [0.15, 0.2) is 32.2 Å². The molecule has 0 aliphatic heterocycles. The van der Waals surface area contributed by atoms with Crippen LogP contribution in [-0.2, 0) is 5.75 Å². The van der Waals surface area contributed by atoms with E-state index < -0.39 is 0 Å². The molecule has 2 aromatic heterocycles. The molecular weight excluding hydrogens is 459 g/mol. The van der Waals surface area contributed by atoms with Gasteiger partial charge in [0.05, 0.1) is 26.8 Å². The lowest BCUT2D eigenvalue weighted by molar-refractivity contribution is 0.0936. The molecule has 4 nitrogen and oxygen atoms in total. The largest absolute Gasteiger partial charge is 0.361 e. The molecule has 136 valence electrons. The van der Waals surface area contributed by atoms with Crippen molar-refractivity contribution < 1.29 is 9.32 Å². The molecule has 0 N–H and O–H groups in total. The Morgan fingerprint density at radius 1 is 1.35 bits per heavy atom. The quantitative estimate of drug-likeness (QED) is 0.303. The zero-order valence-electron chi connectivity index (χ0n) is 14.3. The lowest BCUT2D eigenvalue weighted by atomic mass is 10.0. The van der Waals surface area contributed by atoms with E-state index in [4.69, 9.17) is 27.7 Å². The lowest BCUT2D eigenvalue weighted by Gasteiger charge is -2.15. The summed E-state index contributed by atoms with van der Waals surface area (Å²) < 4.78 is 5.86. The van der Waals surface area contributed by atoms with E-state index in [2.05, 4.69) is 26.1 Å². The van der Waals surface area contributed by atoms with Gasteiger partial charge in [-0.25, -0.2) is 4.98 Å². The van der Waals surface area contributed by atoms with E-state index in [1.165, 1.54) is 11.8 Å². The number of Topliss-reactive ketones (excluding diaryl/α,β-unsaturated/α-hetero) is 1. The average Bonchev–Trinajstić information content (AvgIpc) is 3.01. The molecule has 3 rings (SSSR count). The van der Waals surface area contributed by atoms with Crippen molar-refractivity contribution in [2.24, 2.45) is 5.92 Å². The second kappa shape index (κ2) is 7.89. The van der Waals surface area contributed by atoms with Crippen LogP contribution in [0, 0.1) is 12.8 Å². The van der Waals surface area contributed by atoms with E-state index >= 15 is 0 Å². The number of aromatic nitrogens is 2. The van der Waals surface area contributed by atoms with Gasteiger partial charge in [-0.1, -0.05) is 54.0 Å². The van der Waals surface area contributed by atoms with Gasteiger partial charge in [0.15, 0.2) is 5.78 Å². The molecule has 0 unspecified atom stereocenters. The van der Waals surface area contributed by atoms with Crippen LogP contribution in [-0.4, -0.2) is 15.9 Å². The monoisotopic (exact) mass is 472 g/mol. The van der Waals surface area contributed by atoms with Crippen molar-refractivity contribution >= 4 is 67.6 Å². The normalized spacial score (nSPS) is 11.5. The van der Waals surface area contributed by atoms with Crippen LogP contribution in [0.3, 0.4) is 0 Å². The number of halogens is 3. The van der Waals surface area contributed by atoms with Crippen molar-refractivity contribution in [2.75, 3.05) is 0 Å². The molecule has 0 aliphatic rings. The van der Waals surface area contributed by atoms with Crippen LogP contribution >= 0.6 is 50.9 Å². The number of thioether (sulfide) groups is 1. The number of hydrogen-bond acceptors (Lipinski definition) is 5. The van der Waals surface area contributed by atoms with Gasteiger partial charge in [0, 0.05) is 27.6 Å². The van der Waals surface area contributed by atoms with Crippen LogP contribution in [0.2, 0.25) is 10.0 Å². The maximum Gasteiger partial charge on any atom is 0.169 e. The first kappa shape index (κ1) is 19.7. The Labute approximate surface area is 173 Å². The zero-order chi connectivity index (χ0) is 19.0. The molecule has 1 aromatic carbocycles. The van der Waals surface area contributed by atoms with Crippen molar-refractivity contribution in [2.45, 2.75) is 31.6 Å². The van der Waals surface area contributed by atoms with Crippen molar-refractivity contribution in [3.05, 3.63) is 49.7 Å². The molecule has 0 saturated carbocycles. The highest BCUT2D eigenvalue weighted by atomic mass is 79.9. The summed E-state index contributed by atoms with van der Waals surface area (Å²) in [7, 11) is 0. The third kappa shape index (κ3) is 3.79. The minimum Gasteiger partial charge on any atom is -0.361 e. The number of fused-ring (bicyclic) bond motifs is 1. The number of benzene rings is 1. The Bertz CT molecular complexity index is 1000. The van der Waals surface area contributed by atoms with Crippen LogP contribution in [0.1, 0.15) is 35.7 Å². The molecule has 0 bridgehead atoms. The first-order valence-corrected chi connectivity index (χ1v) is 10.4. The number of carbonyl (C=O) groups excluding carboxylic acids is 1. The molecule has 0 aliphatic carbocycles. The summed E-state index contributed by atoms with van der Waals surface area (Å²) in [6.45, 7) is 5.50. The fourth-order valence-corrected chi connectivity index (χ4v) is 4.54. The second-order valence-corrected chi connectivity index (χ2v) is 8.70. The smallest absolute Gasteiger partial charge is 0.169 e. The fraction of sp³-hybridized carbons (Fsp3) is 0.278. The number of hydrogen-bond donors (Lipinski definition) is 0. The number of carbonyl (C=O) groups is 1. The topological polar surface area (TPSA) is 56.0 Å². The first-order valence-electron chi connectivity index (χ1n) is 7.86. The molecule has 0 amide bonds. The van der Waals surface area contributed by atoms with E-state index in [0.717, 1.165) is 15.9 Å². The van der Waals surface area contributed by atoms with Gasteiger partial charge in [0.1, 0.15) is 10.8 Å². The number of nitrogens with zero attached hydrogens (tertiary/aromatic N) is 2. The summed E-state index contributed by atoms with van der Waals surface area (Å²) in [6, 6.07) is 5.40. The lowest BCUT2D eigenvalue weighted by Crippen LogP contribution is -2.11. The molecule has 2 heterocycles. The summed E-state index contributed by atoms with van der Waals surface area (Å²) in [5.74, 6) is 0.964. The Kier molecular flexibility index (Phi) is 5.97. The molecule has 0 atom stereocenters. The maximum atomic E-state index is 12.8. The Hall–Kier alpha value is -1.08. The fourth-order valence-electron chi connectivity index (χ4n) is 2.47. The van der Waals surface area contributed by atoms with Crippen LogP contribution in [0.25, 0.3) is 10.9 Å². The maximum absolute atomic E-state index is 12.8. The third-order valence-corrected chi connectivity index (χ3v) is 6.09. The number of ketones is 1. The van der Waals surface area contributed by atoms with E-state index in [1.807, 2.05) is 32.9 Å². The van der Waals surface area contributed by atoms with Crippen molar-refractivity contribution in [3.63, 3.8) is 0 Å². The number of aryl methyl sites for hydroxylation is 1. The van der Waals surface area contributed by atoms with Crippen molar-refractivity contribution in [1.82, 2.24) is 10.1 Å². The SMILES string of the molecule is Cc1cc(CSc2nc3c(Br)ccc(Cl)c3c(Cl)c2C(=O)C(C)C)no1. The first-order chi connectivity index (χ1) is 12.3. The van der Waals surface area contributed by atoms with Crippen LogP contribution in [0.4, 0.5) is 0 Å². The van der Waals surface area contributed by atoms with Gasteiger partial charge in [-0.3, -0.25) is 4.79 Å². The van der Waals surface area contributed by atoms with Gasteiger partial charge in [-0.15, -0.1) is 0 Å². The molecule has 3 aromatic rings. The third-order valence-electron chi connectivity index (χ3n) is 3.75. The minimum atomic E-state index is -0.216. The van der Waals surface area contributed by atoms with Gasteiger partial charge in [0.25, 0.3) is 0 Å². The second-order valence-electron chi connectivity index (χ2n) is 6.10. The predicted molar refractivity (Wildman–Crippen MR) is 109 cm³/mol. The van der Waals surface area contributed by atoms with Gasteiger partial charge in [-0.2, -0.15) is 0 Å². The average molecular weight is 474 g/mol. The summed E-state index contributed by atoms with van der Waals surface area (Å²) in [5.41, 5.74) is 1.81. The molecule has 8 heteroatoms.